The van der Waals surface area contributed by atoms with Crippen molar-refractivity contribution in [2.75, 3.05) is 18.0 Å². The Labute approximate surface area is 91.0 Å². The van der Waals surface area contributed by atoms with Gasteiger partial charge in [-0.05, 0) is 13.3 Å². The largest absolute Gasteiger partial charge is 0.477 e. The first-order valence-electron chi connectivity index (χ1n) is 4.64. The predicted molar refractivity (Wildman–Crippen MR) is 56.5 cm³/mol. The minimum Gasteiger partial charge on any atom is -0.477 e. The van der Waals surface area contributed by atoms with Crippen LogP contribution in [-0.2, 0) is 0 Å². The molecule has 0 spiro atoms. The molecule has 1 atom stereocenters. The highest BCUT2D eigenvalue weighted by Crippen LogP contribution is 2.29. The van der Waals surface area contributed by atoms with E-state index in [1.54, 1.807) is 6.92 Å². The number of hydrogen-bond acceptors (Lipinski definition) is 5. The van der Waals surface area contributed by atoms with Crippen LogP contribution in [0, 0.1) is 0 Å². The van der Waals surface area contributed by atoms with Gasteiger partial charge in [-0.3, -0.25) is 0 Å². The van der Waals surface area contributed by atoms with E-state index in [0.717, 1.165) is 17.9 Å². The Morgan fingerprint density at radius 1 is 1.73 bits per heavy atom. The first kappa shape index (κ1) is 10.4. The summed E-state index contributed by atoms with van der Waals surface area (Å²) in [5.74, 6) is -0.954. The molecule has 82 valence electrons. The zero-order valence-corrected chi connectivity index (χ0v) is 9.12. The molecule has 6 heteroatoms. The van der Waals surface area contributed by atoms with Crippen LogP contribution >= 0.6 is 11.3 Å². The fourth-order valence-electron chi connectivity index (χ4n) is 1.62. The van der Waals surface area contributed by atoms with E-state index in [0.29, 0.717) is 18.1 Å². The van der Waals surface area contributed by atoms with E-state index in [9.17, 15) is 9.90 Å². The number of thiazole rings is 1. The quantitative estimate of drug-likeness (QED) is 0.783. The standard InChI is InChI=1S/C9H12N2O3S/c1-9(14)2-3-11(5-9)8-10-4-6(15-8)7(12)13/h4,14H,2-3,5H2,1H3,(H,12,13). The summed E-state index contributed by atoms with van der Waals surface area (Å²) in [7, 11) is 0. The van der Waals surface area contributed by atoms with Crippen molar-refractivity contribution < 1.29 is 15.0 Å². The summed E-state index contributed by atoms with van der Waals surface area (Å²) in [6.45, 7) is 3.01. The van der Waals surface area contributed by atoms with Crippen LogP contribution in [0.3, 0.4) is 0 Å². The first-order chi connectivity index (χ1) is 6.98. The minimum atomic E-state index is -0.954. The van der Waals surface area contributed by atoms with Gasteiger partial charge in [0.25, 0.3) is 0 Å². The summed E-state index contributed by atoms with van der Waals surface area (Å²) >= 11 is 1.14. The number of carboxylic acids is 1. The topological polar surface area (TPSA) is 73.7 Å². The molecular formula is C9H12N2O3S. The lowest BCUT2D eigenvalue weighted by molar-refractivity contribution is 0.0701. The van der Waals surface area contributed by atoms with Gasteiger partial charge in [0.1, 0.15) is 4.88 Å². The monoisotopic (exact) mass is 228 g/mol. The Kier molecular flexibility index (Phi) is 2.40. The van der Waals surface area contributed by atoms with Crippen molar-refractivity contribution in [2.45, 2.75) is 18.9 Å². The number of β-amino-alcohol motifs (C(OH)–C–C–N with tert-alkyl or cyclic N) is 1. The lowest BCUT2D eigenvalue weighted by atomic mass is 10.1. The highest BCUT2D eigenvalue weighted by molar-refractivity contribution is 7.17. The Bertz CT molecular complexity index is 388. The van der Waals surface area contributed by atoms with Crippen molar-refractivity contribution >= 4 is 22.4 Å². The van der Waals surface area contributed by atoms with Crippen LogP contribution in [0.2, 0.25) is 0 Å². The van der Waals surface area contributed by atoms with Crippen molar-refractivity contribution in [2.24, 2.45) is 0 Å². The lowest BCUT2D eigenvalue weighted by Crippen LogP contribution is -2.29. The SMILES string of the molecule is CC1(O)CCN(c2ncc(C(=O)O)s2)C1. The molecule has 0 saturated carbocycles. The van der Waals surface area contributed by atoms with Crippen LogP contribution < -0.4 is 4.90 Å². The molecule has 15 heavy (non-hydrogen) atoms. The van der Waals surface area contributed by atoms with Crippen LogP contribution in [0.4, 0.5) is 5.13 Å². The highest BCUT2D eigenvalue weighted by Gasteiger charge is 2.32. The molecule has 0 aromatic carbocycles. The number of carbonyl (C=O) groups is 1. The van der Waals surface area contributed by atoms with Crippen molar-refractivity contribution in [3.8, 4) is 0 Å². The van der Waals surface area contributed by atoms with Gasteiger partial charge in [0.05, 0.1) is 11.8 Å². The normalized spacial score (nSPS) is 25.9. The molecule has 0 amide bonds. The van der Waals surface area contributed by atoms with E-state index in [1.807, 2.05) is 4.90 Å². The summed E-state index contributed by atoms with van der Waals surface area (Å²) in [4.78, 5) is 16.8. The second kappa shape index (κ2) is 3.46. The van der Waals surface area contributed by atoms with E-state index < -0.39 is 11.6 Å². The Morgan fingerprint density at radius 3 is 2.93 bits per heavy atom. The van der Waals surface area contributed by atoms with Crippen LogP contribution in [0.25, 0.3) is 0 Å². The van der Waals surface area contributed by atoms with E-state index in [2.05, 4.69) is 4.98 Å². The minimum absolute atomic E-state index is 0.233. The first-order valence-corrected chi connectivity index (χ1v) is 5.46. The molecule has 0 radical (unpaired) electrons. The van der Waals surface area contributed by atoms with E-state index >= 15 is 0 Å². The molecule has 2 heterocycles. The van der Waals surface area contributed by atoms with Gasteiger partial charge < -0.3 is 15.1 Å². The molecule has 5 nitrogen and oxygen atoms in total. The average molecular weight is 228 g/mol. The van der Waals surface area contributed by atoms with Crippen LogP contribution in [0.15, 0.2) is 6.20 Å². The van der Waals surface area contributed by atoms with Crippen molar-refractivity contribution in [1.82, 2.24) is 4.98 Å². The third kappa shape index (κ3) is 2.10. The zero-order valence-electron chi connectivity index (χ0n) is 8.30. The van der Waals surface area contributed by atoms with Gasteiger partial charge in [0.2, 0.25) is 0 Å². The molecule has 1 aliphatic heterocycles. The van der Waals surface area contributed by atoms with E-state index in [4.69, 9.17) is 5.11 Å². The fourth-order valence-corrected chi connectivity index (χ4v) is 2.40. The number of rotatable bonds is 2. The molecule has 2 rings (SSSR count). The third-order valence-electron chi connectivity index (χ3n) is 2.43. The van der Waals surface area contributed by atoms with Crippen molar-refractivity contribution in [3.63, 3.8) is 0 Å². The molecule has 1 aliphatic rings. The van der Waals surface area contributed by atoms with Crippen LogP contribution in [0.5, 0.6) is 0 Å². The van der Waals surface area contributed by atoms with Gasteiger partial charge in [-0.25, -0.2) is 9.78 Å². The maximum Gasteiger partial charge on any atom is 0.347 e. The van der Waals surface area contributed by atoms with Gasteiger partial charge in [-0.1, -0.05) is 11.3 Å². The smallest absolute Gasteiger partial charge is 0.347 e. The molecule has 1 aromatic rings. The molecule has 0 bridgehead atoms. The number of aromatic carboxylic acids is 1. The highest BCUT2D eigenvalue weighted by atomic mass is 32.1. The van der Waals surface area contributed by atoms with Gasteiger partial charge in [-0.2, -0.15) is 0 Å². The van der Waals surface area contributed by atoms with Crippen molar-refractivity contribution in [1.29, 1.82) is 0 Å². The molecular weight excluding hydrogens is 216 g/mol. The fraction of sp³-hybridized carbons (Fsp3) is 0.556. The number of carboxylic acid groups (broad SMARTS) is 1. The molecule has 1 unspecified atom stereocenters. The summed E-state index contributed by atoms with van der Waals surface area (Å²) in [6, 6.07) is 0. The summed E-state index contributed by atoms with van der Waals surface area (Å²) in [5.41, 5.74) is -0.685. The average Bonchev–Trinajstić information content (AvgIpc) is 2.70. The van der Waals surface area contributed by atoms with Crippen LogP contribution in [0.1, 0.15) is 23.0 Å². The molecule has 1 saturated heterocycles. The summed E-state index contributed by atoms with van der Waals surface area (Å²) in [6.07, 6.45) is 2.05. The maximum atomic E-state index is 10.7. The zero-order chi connectivity index (χ0) is 11.1. The number of aromatic nitrogens is 1. The lowest BCUT2D eigenvalue weighted by Gasteiger charge is -2.17. The van der Waals surface area contributed by atoms with Gasteiger partial charge in [-0.15, -0.1) is 0 Å². The predicted octanol–water partition coefficient (Wildman–Crippen LogP) is 0.802. The molecule has 0 aliphatic carbocycles. The maximum absolute atomic E-state index is 10.7. The summed E-state index contributed by atoms with van der Waals surface area (Å²) in [5, 5.41) is 19.2. The molecule has 1 fully saturated rings. The number of aliphatic hydroxyl groups is 1. The number of hydrogen-bond donors (Lipinski definition) is 2. The van der Waals surface area contributed by atoms with Gasteiger partial charge in [0, 0.05) is 13.1 Å². The number of anilines is 1. The Morgan fingerprint density at radius 2 is 2.47 bits per heavy atom. The Hall–Kier alpha value is -1.14. The summed E-state index contributed by atoms with van der Waals surface area (Å²) < 4.78 is 0. The second-order valence-electron chi connectivity index (χ2n) is 3.98. The van der Waals surface area contributed by atoms with E-state index in [1.165, 1.54) is 6.20 Å². The molecule has 2 N–H and O–H groups in total. The Balaban J connectivity index is 2.14. The van der Waals surface area contributed by atoms with Gasteiger partial charge >= 0.3 is 5.97 Å². The second-order valence-corrected chi connectivity index (χ2v) is 4.99. The number of nitrogens with zero attached hydrogens (tertiary/aromatic N) is 2. The van der Waals surface area contributed by atoms with E-state index in [-0.39, 0.29) is 4.88 Å². The van der Waals surface area contributed by atoms with Crippen LogP contribution in [-0.4, -0.2) is 39.9 Å². The third-order valence-corrected chi connectivity index (χ3v) is 3.47. The van der Waals surface area contributed by atoms with Gasteiger partial charge in [0.15, 0.2) is 5.13 Å². The van der Waals surface area contributed by atoms with Crippen molar-refractivity contribution in [3.05, 3.63) is 11.1 Å². The molecule has 1 aromatic heterocycles.